The fourth-order valence-corrected chi connectivity index (χ4v) is 7.34. The molecule has 49 heavy (non-hydrogen) atoms. The van der Waals surface area contributed by atoms with Gasteiger partial charge in [0.05, 0.1) is 32.2 Å². The van der Waals surface area contributed by atoms with E-state index in [9.17, 15) is 32.4 Å². The zero-order valence-electron chi connectivity index (χ0n) is 26.2. The van der Waals surface area contributed by atoms with Crippen molar-refractivity contribution >= 4 is 73.4 Å². The molecule has 5 amide bonds. The van der Waals surface area contributed by atoms with Crippen molar-refractivity contribution in [2.75, 3.05) is 23.1 Å². The van der Waals surface area contributed by atoms with Crippen LogP contribution in [0.3, 0.4) is 0 Å². The van der Waals surface area contributed by atoms with E-state index in [1.807, 2.05) is 0 Å². The Labute approximate surface area is 286 Å². The Hall–Kier alpha value is -5.21. The minimum absolute atomic E-state index is 0.0531. The van der Waals surface area contributed by atoms with E-state index >= 15 is 0 Å². The number of aromatic nitrogens is 1. The molecular weight excluding hydrogens is 672 g/mol. The molecular formula is C34H33ClN6O7S. The van der Waals surface area contributed by atoms with Gasteiger partial charge in [0.15, 0.2) is 0 Å². The number of nitrogens with zero attached hydrogens (tertiary/aromatic N) is 1. The Bertz CT molecular complexity index is 2100. The average molecular weight is 705 g/mol. The van der Waals surface area contributed by atoms with Crippen molar-refractivity contribution in [3.63, 3.8) is 0 Å². The molecule has 0 radical (unpaired) electrons. The van der Waals surface area contributed by atoms with Crippen LogP contribution in [-0.2, 0) is 19.6 Å². The summed E-state index contributed by atoms with van der Waals surface area (Å²) in [5.41, 5.74) is 2.04. The summed E-state index contributed by atoms with van der Waals surface area (Å²) in [6, 6.07) is 14.8. The number of piperidine rings is 1. The first-order chi connectivity index (χ1) is 23.5. The molecule has 6 rings (SSSR count). The lowest BCUT2D eigenvalue weighted by molar-refractivity contribution is -0.136. The molecule has 0 saturated carbocycles. The first-order valence-electron chi connectivity index (χ1n) is 15.8. The van der Waals surface area contributed by atoms with Gasteiger partial charge in [-0.2, -0.15) is 0 Å². The molecule has 1 fully saturated rings. The van der Waals surface area contributed by atoms with Crippen molar-refractivity contribution in [2.24, 2.45) is 0 Å². The molecule has 2 aliphatic heterocycles. The molecule has 0 spiro atoms. The second kappa shape index (κ2) is 14.1. The van der Waals surface area contributed by atoms with Crippen LogP contribution in [0.25, 0.3) is 10.9 Å². The third kappa shape index (κ3) is 7.01. The fraction of sp³-hybridized carbons (Fsp3) is 0.265. The Kier molecular flexibility index (Phi) is 9.69. The molecule has 13 nitrogen and oxygen atoms in total. The molecule has 0 bridgehead atoms. The van der Waals surface area contributed by atoms with Crippen molar-refractivity contribution in [1.82, 2.24) is 20.5 Å². The number of nitrogens with one attached hydrogen (secondary N) is 5. The zero-order valence-corrected chi connectivity index (χ0v) is 27.7. The zero-order chi connectivity index (χ0) is 34.7. The lowest BCUT2D eigenvalue weighted by atomic mass is 10.0. The normalized spacial score (nSPS) is 16.1. The summed E-state index contributed by atoms with van der Waals surface area (Å²) in [6.07, 6.45) is 4.81. The van der Waals surface area contributed by atoms with Gasteiger partial charge in [-0.15, -0.1) is 0 Å². The van der Waals surface area contributed by atoms with Gasteiger partial charge in [0.25, 0.3) is 27.7 Å². The quantitative estimate of drug-likeness (QED) is 0.0999. The third-order valence-corrected chi connectivity index (χ3v) is 10.2. The predicted molar refractivity (Wildman–Crippen MR) is 183 cm³/mol. The van der Waals surface area contributed by atoms with E-state index in [2.05, 4.69) is 25.7 Å². The van der Waals surface area contributed by atoms with Crippen LogP contribution in [0.1, 0.15) is 69.6 Å². The second-order valence-corrected chi connectivity index (χ2v) is 13.9. The van der Waals surface area contributed by atoms with Gasteiger partial charge in [-0.25, -0.2) is 8.42 Å². The first kappa shape index (κ1) is 33.7. The number of hydrogen-bond donors (Lipinski definition) is 5. The van der Waals surface area contributed by atoms with E-state index in [0.717, 1.165) is 24.2 Å². The van der Waals surface area contributed by atoms with E-state index in [1.54, 1.807) is 48.7 Å². The lowest BCUT2D eigenvalue weighted by Gasteiger charge is -2.27. The van der Waals surface area contributed by atoms with Gasteiger partial charge in [0.2, 0.25) is 11.8 Å². The minimum Gasteiger partial charge on any atom is -0.384 e. The van der Waals surface area contributed by atoms with Gasteiger partial charge in [-0.05, 0) is 55.7 Å². The largest absolute Gasteiger partial charge is 0.384 e. The number of carbonyl (C=O) groups is 5. The maximum Gasteiger partial charge on any atom is 0.264 e. The van der Waals surface area contributed by atoms with Crippen molar-refractivity contribution in [1.29, 1.82) is 0 Å². The number of sulfonamides is 1. The van der Waals surface area contributed by atoms with Crippen molar-refractivity contribution in [2.45, 2.75) is 49.5 Å². The smallest absolute Gasteiger partial charge is 0.264 e. The van der Waals surface area contributed by atoms with Gasteiger partial charge in [0, 0.05) is 42.3 Å². The Morgan fingerprint density at radius 2 is 1.63 bits per heavy atom. The number of benzene rings is 3. The number of amides is 5. The first-order valence-corrected chi connectivity index (χ1v) is 17.7. The van der Waals surface area contributed by atoms with Crippen molar-refractivity contribution in [3.8, 4) is 0 Å². The van der Waals surface area contributed by atoms with Crippen LogP contribution in [0.4, 0.5) is 11.4 Å². The van der Waals surface area contributed by atoms with Crippen LogP contribution < -0.4 is 20.7 Å². The molecule has 5 N–H and O–H groups in total. The average Bonchev–Trinajstić information content (AvgIpc) is 3.59. The van der Waals surface area contributed by atoms with Crippen LogP contribution >= 0.6 is 11.6 Å². The van der Waals surface area contributed by atoms with Crippen LogP contribution in [0.2, 0.25) is 5.02 Å². The molecule has 1 aromatic heterocycles. The van der Waals surface area contributed by atoms with E-state index in [-0.39, 0.29) is 40.3 Å². The number of aromatic amines is 1. The highest BCUT2D eigenvalue weighted by Crippen LogP contribution is 2.33. The van der Waals surface area contributed by atoms with Gasteiger partial charge >= 0.3 is 0 Å². The molecule has 1 atom stereocenters. The predicted octanol–water partition coefficient (Wildman–Crippen LogP) is 4.43. The van der Waals surface area contributed by atoms with Gasteiger partial charge in [0.1, 0.15) is 6.04 Å². The summed E-state index contributed by atoms with van der Waals surface area (Å²) in [5.74, 6) is -2.59. The highest BCUT2D eigenvalue weighted by atomic mass is 35.5. The van der Waals surface area contributed by atoms with E-state index in [4.69, 9.17) is 11.6 Å². The van der Waals surface area contributed by atoms with Gasteiger partial charge in [-0.1, -0.05) is 48.7 Å². The fourth-order valence-electron chi connectivity index (χ4n) is 6.01. The SMILES string of the molecule is O=C1CCC(N2C(=O)c3cccc(NCCCCCCNC(=O)c4cccc(S(=O)(=O)Nc5cccc6c(Cl)c[nH]c56)c4)c3C2=O)C(=O)N1. The van der Waals surface area contributed by atoms with Gasteiger partial charge in [-0.3, -0.25) is 38.9 Å². The van der Waals surface area contributed by atoms with Crippen molar-refractivity contribution < 1.29 is 32.4 Å². The van der Waals surface area contributed by atoms with Gasteiger partial charge < -0.3 is 15.6 Å². The van der Waals surface area contributed by atoms with E-state index < -0.39 is 39.7 Å². The maximum atomic E-state index is 13.2. The van der Waals surface area contributed by atoms with Crippen LogP contribution in [0, 0.1) is 0 Å². The van der Waals surface area contributed by atoms with Crippen LogP contribution in [0.5, 0.6) is 0 Å². The lowest BCUT2D eigenvalue weighted by Crippen LogP contribution is -2.54. The number of rotatable bonds is 13. The van der Waals surface area contributed by atoms with E-state index in [1.165, 1.54) is 18.2 Å². The summed E-state index contributed by atoms with van der Waals surface area (Å²) >= 11 is 6.16. The summed E-state index contributed by atoms with van der Waals surface area (Å²) < 4.78 is 28.8. The summed E-state index contributed by atoms with van der Waals surface area (Å²) in [7, 11) is -3.99. The van der Waals surface area contributed by atoms with Crippen LogP contribution in [-0.4, -0.2) is 67.0 Å². The number of anilines is 2. The molecule has 1 unspecified atom stereocenters. The highest BCUT2D eigenvalue weighted by Gasteiger charge is 2.45. The molecule has 254 valence electrons. The number of H-pyrrole nitrogens is 1. The Morgan fingerprint density at radius 1 is 0.898 bits per heavy atom. The number of para-hydroxylation sites is 1. The molecule has 2 aliphatic rings. The van der Waals surface area contributed by atoms with E-state index in [0.29, 0.717) is 46.8 Å². The number of halogens is 1. The number of unbranched alkanes of at least 4 members (excludes halogenated alkanes) is 3. The van der Waals surface area contributed by atoms with Crippen molar-refractivity contribution in [3.05, 3.63) is 88.6 Å². The topological polar surface area (TPSA) is 187 Å². The van der Waals surface area contributed by atoms with Crippen LogP contribution in [0.15, 0.2) is 71.8 Å². The standard InChI is InChI=1S/C34H33ClN6O7S/c35-24-19-38-30-22(24)10-6-13-26(30)40-49(47,48)21-9-5-8-20(18-21)31(43)37-17-4-2-1-3-16-36-25-12-7-11-23-29(25)34(46)41(33(23)45)27-14-15-28(42)39-32(27)44/h5-13,18-19,27,36,38,40H,1-4,14-17H2,(H,37,43)(H,39,42,44). The molecule has 3 aromatic carbocycles. The maximum absolute atomic E-state index is 13.2. The summed E-state index contributed by atoms with van der Waals surface area (Å²) in [6.45, 7) is 0.930. The summed E-state index contributed by atoms with van der Waals surface area (Å²) in [5, 5.41) is 9.41. The second-order valence-electron chi connectivity index (χ2n) is 11.8. The molecule has 0 aliphatic carbocycles. The number of imide groups is 2. The monoisotopic (exact) mass is 704 g/mol. The highest BCUT2D eigenvalue weighted by molar-refractivity contribution is 7.92. The number of hydrogen-bond acceptors (Lipinski definition) is 8. The number of carbonyl (C=O) groups excluding carboxylic acids is 5. The molecule has 3 heterocycles. The molecule has 4 aromatic rings. The summed E-state index contributed by atoms with van der Waals surface area (Å²) in [4.78, 5) is 66.8. The minimum atomic E-state index is -3.99. The third-order valence-electron chi connectivity index (χ3n) is 8.49. The molecule has 15 heteroatoms. The Balaban J connectivity index is 0.947. The number of fused-ring (bicyclic) bond motifs is 2. The molecule has 1 saturated heterocycles. The Morgan fingerprint density at radius 3 is 2.43 bits per heavy atom.